The zero-order valence-corrected chi connectivity index (χ0v) is 11.9. The molecule has 106 valence electrons. The van der Waals surface area contributed by atoms with Gasteiger partial charge in [0.1, 0.15) is 18.0 Å². The average Bonchev–Trinajstić information content (AvgIpc) is 2.47. The van der Waals surface area contributed by atoms with E-state index in [1.165, 1.54) is 13.0 Å². The Balaban J connectivity index is 2.11. The summed E-state index contributed by atoms with van der Waals surface area (Å²) in [6.07, 6.45) is 3.68. The predicted molar refractivity (Wildman–Crippen MR) is 78.2 cm³/mol. The highest BCUT2D eigenvalue weighted by molar-refractivity contribution is 5.58. The lowest BCUT2D eigenvalue weighted by Gasteiger charge is -2.36. The summed E-state index contributed by atoms with van der Waals surface area (Å²) < 4.78 is 0. The molecule has 0 aliphatic carbocycles. The van der Waals surface area contributed by atoms with E-state index in [0.29, 0.717) is 0 Å². The smallest absolute Gasteiger partial charge is 0.148 e. The zero-order valence-electron chi connectivity index (χ0n) is 11.9. The van der Waals surface area contributed by atoms with Crippen LogP contribution in [0.2, 0.25) is 0 Å². The van der Waals surface area contributed by atoms with E-state index in [2.05, 4.69) is 39.0 Å². The number of rotatable bonds is 5. The minimum absolute atomic E-state index is 0.739. The molecule has 0 unspecified atom stereocenters. The lowest BCUT2D eigenvalue weighted by Crippen LogP contribution is -2.47. The molecular formula is C13H24N6. The van der Waals surface area contributed by atoms with Gasteiger partial charge in [0, 0.05) is 31.7 Å². The van der Waals surface area contributed by atoms with Gasteiger partial charge in [0.2, 0.25) is 0 Å². The van der Waals surface area contributed by atoms with E-state index in [1.807, 2.05) is 0 Å². The normalized spacial score (nSPS) is 16.7. The van der Waals surface area contributed by atoms with Gasteiger partial charge >= 0.3 is 0 Å². The van der Waals surface area contributed by atoms with E-state index < -0.39 is 0 Å². The minimum atomic E-state index is 0.739. The van der Waals surface area contributed by atoms with Crippen LogP contribution in [0.15, 0.2) is 6.33 Å². The first-order valence-electron chi connectivity index (χ1n) is 7.07. The number of nitrogens with one attached hydrogen (secondary N) is 1. The number of nitrogen functional groups attached to an aromatic ring is 1. The van der Waals surface area contributed by atoms with E-state index in [-0.39, 0.29) is 0 Å². The second-order valence-corrected chi connectivity index (χ2v) is 4.85. The van der Waals surface area contributed by atoms with Crippen LogP contribution in [0, 0.1) is 0 Å². The standard InChI is InChI=1S/C13H24N6/c1-3-5-18-6-8-19(9-7-18)13-11(4-2)12(17-14)15-10-16-13/h10H,3-9,14H2,1-2H3,(H,15,16,17). The number of piperazine rings is 1. The summed E-state index contributed by atoms with van der Waals surface area (Å²) in [6, 6.07) is 0. The quantitative estimate of drug-likeness (QED) is 0.607. The number of hydrogen-bond donors (Lipinski definition) is 2. The molecule has 0 saturated carbocycles. The Morgan fingerprint density at radius 3 is 2.53 bits per heavy atom. The molecule has 6 heteroatoms. The largest absolute Gasteiger partial charge is 0.354 e. The lowest BCUT2D eigenvalue weighted by atomic mass is 10.2. The number of nitrogens with zero attached hydrogens (tertiary/aromatic N) is 4. The highest BCUT2D eigenvalue weighted by atomic mass is 15.3. The van der Waals surface area contributed by atoms with Gasteiger partial charge in [-0.2, -0.15) is 0 Å². The highest BCUT2D eigenvalue weighted by Crippen LogP contribution is 2.24. The van der Waals surface area contributed by atoms with Crippen molar-refractivity contribution in [1.29, 1.82) is 0 Å². The van der Waals surface area contributed by atoms with Crippen molar-refractivity contribution in [2.45, 2.75) is 26.7 Å². The highest BCUT2D eigenvalue weighted by Gasteiger charge is 2.20. The molecule has 1 aliphatic rings. The molecule has 0 radical (unpaired) electrons. The van der Waals surface area contributed by atoms with Crippen molar-refractivity contribution in [2.75, 3.05) is 43.0 Å². The lowest BCUT2D eigenvalue weighted by molar-refractivity contribution is 0.258. The van der Waals surface area contributed by atoms with E-state index >= 15 is 0 Å². The van der Waals surface area contributed by atoms with Crippen molar-refractivity contribution in [2.24, 2.45) is 5.84 Å². The summed E-state index contributed by atoms with van der Waals surface area (Å²) in [5.74, 6) is 7.29. The second-order valence-electron chi connectivity index (χ2n) is 4.85. The Morgan fingerprint density at radius 1 is 1.21 bits per heavy atom. The maximum atomic E-state index is 5.52. The van der Waals surface area contributed by atoms with Crippen LogP contribution in [0.25, 0.3) is 0 Å². The topological polar surface area (TPSA) is 70.3 Å². The van der Waals surface area contributed by atoms with Gasteiger partial charge in [0.15, 0.2) is 0 Å². The molecule has 1 aromatic rings. The van der Waals surface area contributed by atoms with Crippen molar-refractivity contribution < 1.29 is 0 Å². The summed E-state index contributed by atoms with van der Waals surface area (Å²) in [6.45, 7) is 9.77. The molecule has 1 fully saturated rings. The Morgan fingerprint density at radius 2 is 1.95 bits per heavy atom. The molecule has 1 aliphatic heterocycles. The molecule has 2 rings (SSSR count). The molecule has 0 spiro atoms. The third-order valence-electron chi connectivity index (χ3n) is 3.62. The van der Waals surface area contributed by atoms with Crippen molar-refractivity contribution in [3.63, 3.8) is 0 Å². The summed E-state index contributed by atoms with van der Waals surface area (Å²) in [7, 11) is 0. The summed E-state index contributed by atoms with van der Waals surface area (Å²) in [5.41, 5.74) is 3.77. The molecule has 6 nitrogen and oxygen atoms in total. The number of anilines is 2. The van der Waals surface area contributed by atoms with Crippen molar-refractivity contribution in [3.8, 4) is 0 Å². The van der Waals surface area contributed by atoms with Crippen LogP contribution in [0.4, 0.5) is 11.6 Å². The fourth-order valence-electron chi connectivity index (χ4n) is 2.62. The predicted octanol–water partition coefficient (Wildman–Crippen LogP) is 0.857. The Labute approximate surface area is 115 Å². The van der Waals surface area contributed by atoms with E-state index in [9.17, 15) is 0 Å². The molecule has 0 amide bonds. The fraction of sp³-hybridized carbons (Fsp3) is 0.692. The van der Waals surface area contributed by atoms with Crippen LogP contribution in [-0.4, -0.2) is 47.6 Å². The Hall–Kier alpha value is -1.40. The van der Waals surface area contributed by atoms with Crippen molar-refractivity contribution in [3.05, 3.63) is 11.9 Å². The maximum absolute atomic E-state index is 5.52. The van der Waals surface area contributed by atoms with Gasteiger partial charge in [0.05, 0.1) is 0 Å². The summed E-state index contributed by atoms with van der Waals surface area (Å²) >= 11 is 0. The van der Waals surface area contributed by atoms with Gasteiger partial charge in [0.25, 0.3) is 0 Å². The molecule has 0 bridgehead atoms. The van der Waals surface area contributed by atoms with Crippen molar-refractivity contribution in [1.82, 2.24) is 14.9 Å². The zero-order chi connectivity index (χ0) is 13.7. The maximum Gasteiger partial charge on any atom is 0.148 e. The molecule has 0 aromatic carbocycles. The first kappa shape index (κ1) is 14.0. The van der Waals surface area contributed by atoms with E-state index in [1.54, 1.807) is 6.33 Å². The second kappa shape index (κ2) is 6.68. The molecule has 0 atom stereocenters. The first-order chi connectivity index (χ1) is 9.30. The molecule has 3 N–H and O–H groups in total. The number of hydrazine groups is 1. The number of hydrogen-bond acceptors (Lipinski definition) is 6. The molecule has 1 aromatic heterocycles. The average molecular weight is 264 g/mol. The SMILES string of the molecule is CCCN1CCN(c2ncnc(NN)c2CC)CC1. The van der Waals surface area contributed by atoms with Crippen LogP contribution >= 0.6 is 0 Å². The van der Waals surface area contributed by atoms with Gasteiger partial charge in [-0.1, -0.05) is 13.8 Å². The van der Waals surface area contributed by atoms with Gasteiger partial charge in [-0.3, -0.25) is 4.90 Å². The summed E-state index contributed by atoms with van der Waals surface area (Å²) in [4.78, 5) is 13.5. The molecule has 2 heterocycles. The van der Waals surface area contributed by atoms with Gasteiger partial charge in [-0.25, -0.2) is 15.8 Å². The Kier molecular flexibility index (Phi) is 4.93. The fourth-order valence-corrected chi connectivity index (χ4v) is 2.62. The van der Waals surface area contributed by atoms with Crippen LogP contribution in [-0.2, 0) is 6.42 Å². The molecular weight excluding hydrogens is 240 g/mol. The monoisotopic (exact) mass is 264 g/mol. The van der Waals surface area contributed by atoms with Crippen LogP contribution in [0.1, 0.15) is 25.8 Å². The first-order valence-corrected chi connectivity index (χ1v) is 7.07. The van der Waals surface area contributed by atoms with Gasteiger partial charge in [-0.05, 0) is 19.4 Å². The molecule has 19 heavy (non-hydrogen) atoms. The van der Waals surface area contributed by atoms with Crippen LogP contribution in [0.5, 0.6) is 0 Å². The summed E-state index contributed by atoms with van der Waals surface area (Å²) in [5, 5.41) is 0. The Bertz CT molecular complexity index is 400. The van der Waals surface area contributed by atoms with Crippen LogP contribution in [0.3, 0.4) is 0 Å². The van der Waals surface area contributed by atoms with E-state index in [0.717, 1.165) is 49.8 Å². The number of nitrogens with two attached hydrogens (primary N) is 1. The van der Waals surface area contributed by atoms with Crippen molar-refractivity contribution >= 4 is 11.6 Å². The minimum Gasteiger partial charge on any atom is -0.354 e. The number of aromatic nitrogens is 2. The third-order valence-corrected chi connectivity index (χ3v) is 3.62. The van der Waals surface area contributed by atoms with Gasteiger partial charge in [-0.15, -0.1) is 0 Å². The molecule has 1 saturated heterocycles. The van der Waals surface area contributed by atoms with E-state index in [4.69, 9.17) is 5.84 Å². The van der Waals surface area contributed by atoms with Crippen LogP contribution < -0.4 is 16.2 Å². The van der Waals surface area contributed by atoms with Gasteiger partial charge < -0.3 is 10.3 Å². The third kappa shape index (κ3) is 3.13.